The Morgan fingerprint density at radius 2 is 2.21 bits per heavy atom. The predicted octanol–water partition coefficient (Wildman–Crippen LogP) is 1.38. The molecule has 0 spiro atoms. The summed E-state index contributed by atoms with van der Waals surface area (Å²) in [6, 6.07) is 3.68. The largest absolute Gasteiger partial charge is 0.496 e. The van der Waals surface area contributed by atoms with E-state index in [2.05, 4.69) is 5.32 Å². The molecule has 1 amide bonds. The van der Waals surface area contributed by atoms with Gasteiger partial charge in [-0.25, -0.2) is 4.39 Å². The van der Waals surface area contributed by atoms with Crippen molar-refractivity contribution in [3.8, 4) is 5.75 Å². The average molecular weight is 287 g/mol. The maximum absolute atomic E-state index is 13.1. The summed E-state index contributed by atoms with van der Waals surface area (Å²) >= 11 is 1.19. The first-order valence-electron chi connectivity index (χ1n) is 5.46. The molecule has 0 heterocycles. The number of carboxylic acid groups (broad SMARTS) is 1. The number of hydrogen-bond donors (Lipinski definition) is 2. The van der Waals surface area contributed by atoms with Crippen LogP contribution in [0.4, 0.5) is 4.39 Å². The third-order valence-corrected chi connectivity index (χ3v) is 3.11. The SMILES string of the molecule is COc1ccc(F)cc1C(=O)NCCSCC(=O)O. The van der Waals surface area contributed by atoms with Gasteiger partial charge in [0.15, 0.2) is 0 Å². The lowest BCUT2D eigenvalue weighted by atomic mass is 10.2. The molecule has 0 unspecified atom stereocenters. The molecule has 0 atom stereocenters. The Kier molecular flexibility index (Phi) is 6.14. The van der Waals surface area contributed by atoms with Gasteiger partial charge in [0.25, 0.3) is 5.91 Å². The van der Waals surface area contributed by atoms with E-state index in [-0.39, 0.29) is 17.1 Å². The van der Waals surface area contributed by atoms with Gasteiger partial charge in [0.2, 0.25) is 0 Å². The Hall–Kier alpha value is -1.76. The van der Waals surface area contributed by atoms with Gasteiger partial charge in [-0.3, -0.25) is 9.59 Å². The Morgan fingerprint density at radius 3 is 2.84 bits per heavy atom. The molecule has 0 aromatic heterocycles. The van der Waals surface area contributed by atoms with Gasteiger partial charge in [0.05, 0.1) is 18.4 Å². The number of rotatable bonds is 7. The fraction of sp³-hybridized carbons (Fsp3) is 0.333. The normalized spacial score (nSPS) is 10.0. The van der Waals surface area contributed by atoms with Crippen molar-refractivity contribution >= 4 is 23.6 Å². The summed E-state index contributed by atoms with van der Waals surface area (Å²) in [7, 11) is 1.40. The Bertz CT molecular complexity index is 467. The van der Waals surface area contributed by atoms with Crippen LogP contribution >= 0.6 is 11.8 Å². The molecule has 7 heteroatoms. The summed E-state index contributed by atoms with van der Waals surface area (Å²) in [6.45, 7) is 0.302. The van der Waals surface area contributed by atoms with Crippen molar-refractivity contribution < 1.29 is 23.8 Å². The molecule has 1 rings (SSSR count). The van der Waals surface area contributed by atoms with Crippen LogP contribution in [0.3, 0.4) is 0 Å². The van der Waals surface area contributed by atoms with E-state index in [9.17, 15) is 14.0 Å². The summed E-state index contributed by atoms with van der Waals surface area (Å²) in [4.78, 5) is 22.1. The smallest absolute Gasteiger partial charge is 0.313 e. The Labute approximate surface area is 114 Å². The number of carbonyl (C=O) groups excluding carboxylic acids is 1. The number of carboxylic acids is 1. The molecular weight excluding hydrogens is 273 g/mol. The third kappa shape index (κ3) is 5.17. The number of benzene rings is 1. The fourth-order valence-electron chi connectivity index (χ4n) is 1.35. The van der Waals surface area contributed by atoms with Crippen molar-refractivity contribution in [1.29, 1.82) is 0 Å². The van der Waals surface area contributed by atoms with Gasteiger partial charge in [-0.1, -0.05) is 0 Å². The minimum absolute atomic E-state index is 0.0147. The van der Waals surface area contributed by atoms with Crippen molar-refractivity contribution in [2.45, 2.75) is 0 Å². The summed E-state index contributed by atoms with van der Waals surface area (Å²) in [6.07, 6.45) is 0. The maximum atomic E-state index is 13.1. The summed E-state index contributed by atoms with van der Waals surface area (Å²) in [5.74, 6) is -1.13. The predicted molar refractivity (Wildman–Crippen MR) is 70.2 cm³/mol. The molecule has 2 N–H and O–H groups in total. The first-order chi connectivity index (χ1) is 9.04. The Balaban J connectivity index is 2.49. The van der Waals surface area contributed by atoms with Crippen molar-refractivity contribution in [3.05, 3.63) is 29.6 Å². The number of thioether (sulfide) groups is 1. The van der Waals surface area contributed by atoms with E-state index in [4.69, 9.17) is 9.84 Å². The van der Waals surface area contributed by atoms with E-state index in [1.807, 2.05) is 0 Å². The summed E-state index contributed by atoms with van der Waals surface area (Å²) < 4.78 is 18.0. The minimum atomic E-state index is -0.900. The van der Waals surface area contributed by atoms with Crippen LogP contribution in [-0.4, -0.2) is 42.1 Å². The summed E-state index contributed by atoms with van der Waals surface area (Å²) in [5.41, 5.74) is 0.116. The fourth-order valence-corrected chi connectivity index (χ4v) is 1.91. The second kappa shape index (κ2) is 7.63. The molecular formula is C12H14FNO4S. The number of hydrogen-bond acceptors (Lipinski definition) is 4. The van der Waals surface area contributed by atoms with Gasteiger partial charge in [-0.15, -0.1) is 11.8 Å². The first-order valence-corrected chi connectivity index (χ1v) is 6.61. The van der Waals surface area contributed by atoms with Crippen molar-refractivity contribution in [2.24, 2.45) is 0 Å². The van der Waals surface area contributed by atoms with Crippen LogP contribution in [-0.2, 0) is 4.79 Å². The van der Waals surface area contributed by atoms with Gasteiger partial charge in [-0.05, 0) is 18.2 Å². The second-order valence-electron chi connectivity index (χ2n) is 3.55. The van der Waals surface area contributed by atoms with Crippen LogP contribution in [0.25, 0.3) is 0 Å². The van der Waals surface area contributed by atoms with E-state index in [1.165, 1.54) is 31.0 Å². The highest BCUT2D eigenvalue weighted by molar-refractivity contribution is 7.99. The quantitative estimate of drug-likeness (QED) is 0.741. The summed E-state index contributed by atoms with van der Waals surface area (Å²) in [5, 5.41) is 11.0. The number of ether oxygens (including phenoxy) is 1. The molecule has 0 aliphatic rings. The zero-order valence-corrected chi connectivity index (χ0v) is 11.1. The third-order valence-electron chi connectivity index (χ3n) is 2.16. The lowest BCUT2D eigenvalue weighted by molar-refractivity contribution is -0.133. The molecule has 1 aromatic carbocycles. The molecule has 19 heavy (non-hydrogen) atoms. The van der Waals surface area contributed by atoms with E-state index in [0.717, 1.165) is 6.07 Å². The molecule has 104 valence electrons. The zero-order chi connectivity index (χ0) is 14.3. The van der Waals surface area contributed by atoms with Crippen molar-refractivity contribution in [1.82, 2.24) is 5.32 Å². The number of carbonyl (C=O) groups is 2. The molecule has 0 saturated heterocycles. The minimum Gasteiger partial charge on any atom is -0.496 e. The standard InChI is InChI=1S/C12H14FNO4S/c1-18-10-3-2-8(13)6-9(10)12(17)14-4-5-19-7-11(15)16/h2-3,6H,4-5,7H2,1H3,(H,14,17)(H,15,16). The van der Waals surface area contributed by atoms with Gasteiger partial charge >= 0.3 is 5.97 Å². The molecule has 0 fully saturated rings. The molecule has 0 bridgehead atoms. The van der Waals surface area contributed by atoms with E-state index >= 15 is 0 Å². The number of nitrogens with one attached hydrogen (secondary N) is 1. The Morgan fingerprint density at radius 1 is 1.47 bits per heavy atom. The van der Waals surface area contributed by atoms with Gasteiger partial charge < -0.3 is 15.2 Å². The number of amides is 1. The van der Waals surface area contributed by atoms with Gasteiger partial charge in [0.1, 0.15) is 11.6 Å². The lowest BCUT2D eigenvalue weighted by Crippen LogP contribution is -2.26. The molecule has 5 nitrogen and oxygen atoms in total. The van der Waals surface area contributed by atoms with Crippen molar-refractivity contribution in [2.75, 3.05) is 25.2 Å². The van der Waals surface area contributed by atoms with Gasteiger partial charge in [0, 0.05) is 12.3 Å². The second-order valence-corrected chi connectivity index (χ2v) is 4.65. The highest BCUT2D eigenvalue weighted by atomic mass is 32.2. The van der Waals surface area contributed by atoms with E-state index in [0.29, 0.717) is 12.3 Å². The van der Waals surface area contributed by atoms with Crippen LogP contribution in [0, 0.1) is 5.82 Å². The van der Waals surface area contributed by atoms with Crippen LogP contribution in [0.2, 0.25) is 0 Å². The monoisotopic (exact) mass is 287 g/mol. The van der Waals surface area contributed by atoms with E-state index < -0.39 is 17.7 Å². The maximum Gasteiger partial charge on any atom is 0.313 e. The average Bonchev–Trinajstić information content (AvgIpc) is 2.37. The van der Waals surface area contributed by atoms with E-state index in [1.54, 1.807) is 0 Å². The van der Waals surface area contributed by atoms with Crippen LogP contribution in [0.5, 0.6) is 5.75 Å². The lowest BCUT2D eigenvalue weighted by Gasteiger charge is -2.09. The first kappa shape index (κ1) is 15.3. The number of halogens is 1. The zero-order valence-electron chi connectivity index (χ0n) is 10.3. The van der Waals surface area contributed by atoms with Crippen LogP contribution in [0.1, 0.15) is 10.4 Å². The topological polar surface area (TPSA) is 75.6 Å². The molecule has 0 aliphatic heterocycles. The number of aliphatic carboxylic acids is 1. The molecule has 0 saturated carbocycles. The molecule has 0 radical (unpaired) electrons. The van der Waals surface area contributed by atoms with Crippen molar-refractivity contribution in [3.63, 3.8) is 0 Å². The van der Waals surface area contributed by atoms with Crippen LogP contribution < -0.4 is 10.1 Å². The van der Waals surface area contributed by atoms with Crippen LogP contribution in [0.15, 0.2) is 18.2 Å². The molecule has 0 aliphatic carbocycles. The highest BCUT2D eigenvalue weighted by Crippen LogP contribution is 2.18. The highest BCUT2D eigenvalue weighted by Gasteiger charge is 2.12. The number of methoxy groups -OCH3 is 1. The molecule has 1 aromatic rings. The van der Waals surface area contributed by atoms with Gasteiger partial charge in [-0.2, -0.15) is 0 Å².